The lowest BCUT2D eigenvalue weighted by atomic mass is 10.0. The molecule has 5 heteroatoms. The molecule has 8 aromatic rings. The number of rotatable bonds is 5. The highest BCUT2D eigenvalue weighted by atomic mass is 16.3. The Morgan fingerprint density at radius 1 is 0.400 bits per heavy atom. The van der Waals surface area contributed by atoms with Crippen LogP contribution in [0.5, 0.6) is 0 Å². The monoisotopic (exact) mass is 576 g/mol. The third kappa shape index (κ3) is 5.01. The summed E-state index contributed by atoms with van der Waals surface area (Å²) >= 11 is 0. The van der Waals surface area contributed by atoms with Crippen LogP contribution in [-0.2, 0) is 0 Å². The fourth-order valence-corrected chi connectivity index (χ4v) is 5.63. The van der Waals surface area contributed by atoms with Crippen LogP contribution in [0.25, 0.3) is 78.4 Å². The van der Waals surface area contributed by atoms with Crippen LogP contribution in [0.2, 0.25) is 0 Å². The molecule has 0 atom stereocenters. The lowest BCUT2D eigenvalue weighted by molar-refractivity contribution is 0.669. The molecular formula is C40H24N4O. The van der Waals surface area contributed by atoms with Crippen molar-refractivity contribution in [3.8, 4) is 62.5 Å². The van der Waals surface area contributed by atoms with Crippen LogP contribution in [0.4, 0.5) is 0 Å². The maximum atomic E-state index is 9.47. The maximum absolute atomic E-state index is 9.47. The zero-order valence-corrected chi connectivity index (χ0v) is 24.1. The van der Waals surface area contributed by atoms with Gasteiger partial charge < -0.3 is 4.42 Å². The molecule has 2 aromatic heterocycles. The zero-order chi connectivity index (χ0) is 30.2. The summed E-state index contributed by atoms with van der Waals surface area (Å²) in [6.45, 7) is 0. The Bertz CT molecular complexity index is 2250. The predicted molar refractivity (Wildman–Crippen MR) is 179 cm³/mol. The van der Waals surface area contributed by atoms with E-state index >= 15 is 0 Å². The average molecular weight is 577 g/mol. The van der Waals surface area contributed by atoms with E-state index in [0.29, 0.717) is 23.0 Å². The van der Waals surface area contributed by atoms with Gasteiger partial charge in [-0.3, -0.25) is 0 Å². The third-order valence-corrected chi connectivity index (χ3v) is 7.99. The number of furan rings is 1. The Labute approximate surface area is 259 Å². The van der Waals surface area contributed by atoms with Crippen LogP contribution in [0.3, 0.4) is 0 Å². The first-order valence-electron chi connectivity index (χ1n) is 14.7. The molecule has 0 amide bonds. The van der Waals surface area contributed by atoms with Gasteiger partial charge in [0.15, 0.2) is 17.5 Å². The van der Waals surface area contributed by atoms with E-state index in [4.69, 9.17) is 19.4 Å². The maximum Gasteiger partial charge on any atom is 0.164 e. The molecule has 0 N–H and O–H groups in total. The van der Waals surface area contributed by atoms with Crippen molar-refractivity contribution in [3.05, 3.63) is 151 Å². The molecular weight excluding hydrogens is 552 g/mol. The largest absolute Gasteiger partial charge is 0.456 e. The van der Waals surface area contributed by atoms with Gasteiger partial charge in [0.25, 0.3) is 0 Å². The Hall–Kier alpha value is -6.38. The normalized spacial score (nSPS) is 11.1. The van der Waals surface area contributed by atoms with Gasteiger partial charge in [-0.1, -0.05) is 109 Å². The van der Waals surface area contributed by atoms with Gasteiger partial charge in [0.1, 0.15) is 11.2 Å². The molecule has 0 aliphatic rings. The number of hydrogen-bond donors (Lipinski definition) is 0. The van der Waals surface area contributed by atoms with Crippen molar-refractivity contribution in [2.45, 2.75) is 0 Å². The molecule has 6 aromatic carbocycles. The van der Waals surface area contributed by atoms with Gasteiger partial charge >= 0.3 is 0 Å². The van der Waals surface area contributed by atoms with E-state index in [-0.39, 0.29) is 0 Å². The number of fused-ring (bicyclic) bond motifs is 3. The van der Waals surface area contributed by atoms with Crippen molar-refractivity contribution in [1.29, 1.82) is 5.26 Å². The van der Waals surface area contributed by atoms with E-state index in [1.54, 1.807) is 6.07 Å². The summed E-state index contributed by atoms with van der Waals surface area (Å²) < 4.78 is 6.06. The highest BCUT2D eigenvalue weighted by molar-refractivity contribution is 6.06. The second kappa shape index (κ2) is 11.0. The van der Waals surface area contributed by atoms with E-state index in [9.17, 15) is 5.26 Å². The van der Waals surface area contributed by atoms with Crippen LogP contribution >= 0.6 is 0 Å². The highest BCUT2D eigenvalue weighted by Crippen LogP contribution is 2.34. The Morgan fingerprint density at radius 3 is 1.31 bits per heavy atom. The molecule has 0 aliphatic heterocycles. The van der Waals surface area contributed by atoms with Crippen LogP contribution < -0.4 is 0 Å². The molecule has 0 unspecified atom stereocenters. The quantitative estimate of drug-likeness (QED) is 0.204. The number of nitriles is 1. The van der Waals surface area contributed by atoms with Gasteiger partial charge in [-0.15, -0.1) is 0 Å². The second-order valence-electron chi connectivity index (χ2n) is 10.8. The standard InChI is InChI=1S/C40H24N4O/c41-25-26-11-21-36-34(23-26)35-24-33(20-22-37(35)45-36)40-43-38(31-16-12-29(13-17-31)27-7-3-1-4-8-27)42-39(44-40)32-18-14-30(15-19-32)28-9-5-2-6-10-28/h1-24H. The molecule has 0 spiro atoms. The summed E-state index contributed by atoms with van der Waals surface area (Å²) in [6, 6.07) is 50.8. The van der Waals surface area contributed by atoms with Crippen LogP contribution in [0.1, 0.15) is 5.56 Å². The van der Waals surface area contributed by atoms with E-state index in [1.807, 2.05) is 66.7 Å². The summed E-state index contributed by atoms with van der Waals surface area (Å²) in [6.07, 6.45) is 0. The minimum atomic E-state index is 0.557. The molecule has 2 heterocycles. The number of aromatic nitrogens is 3. The molecule has 0 fully saturated rings. The molecule has 8 rings (SSSR count). The topological polar surface area (TPSA) is 75.6 Å². The first kappa shape index (κ1) is 26.3. The Balaban J connectivity index is 1.26. The van der Waals surface area contributed by atoms with Gasteiger partial charge in [0, 0.05) is 27.5 Å². The van der Waals surface area contributed by atoms with Gasteiger partial charge in [-0.25, -0.2) is 15.0 Å². The van der Waals surface area contributed by atoms with Crippen molar-refractivity contribution in [3.63, 3.8) is 0 Å². The smallest absolute Gasteiger partial charge is 0.164 e. The molecule has 0 radical (unpaired) electrons. The van der Waals surface area contributed by atoms with E-state index in [2.05, 4.69) is 78.9 Å². The van der Waals surface area contributed by atoms with E-state index in [0.717, 1.165) is 60.9 Å². The highest BCUT2D eigenvalue weighted by Gasteiger charge is 2.15. The van der Waals surface area contributed by atoms with Gasteiger partial charge in [-0.2, -0.15) is 5.26 Å². The van der Waals surface area contributed by atoms with Crippen molar-refractivity contribution in [2.24, 2.45) is 0 Å². The lowest BCUT2D eigenvalue weighted by Gasteiger charge is -2.10. The van der Waals surface area contributed by atoms with Crippen molar-refractivity contribution >= 4 is 21.9 Å². The number of hydrogen-bond acceptors (Lipinski definition) is 5. The molecule has 0 saturated carbocycles. The number of nitrogens with zero attached hydrogens (tertiary/aromatic N) is 4. The molecule has 210 valence electrons. The summed E-state index contributed by atoms with van der Waals surface area (Å²) in [5.74, 6) is 1.73. The van der Waals surface area contributed by atoms with Crippen LogP contribution in [0, 0.1) is 11.3 Å². The summed E-state index contributed by atoms with van der Waals surface area (Å²) in [5, 5.41) is 11.3. The predicted octanol–water partition coefficient (Wildman–Crippen LogP) is 9.98. The first-order chi connectivity index (χ1) is 22.2. The van der Waals surface area contributed by atoms with Crippen LogP contribution in [0.15, 0.2) is 150 Å². The van der Waals surface area contributed by atoms with E-state index in [1.165, 1.54) is 0 Å². The first-order valence-corrected chi connectivity index (χ1v) is 14.7. The van der Waals surface area contributed by atoms with E-state index < -0.39 is 0 Å². The minimum Gasteiger partial charge on any atom is -0.456 e. The van der Waals surface area contributed by atoms with Crippen molar-refractivity contribution < 1.29 is 4.42 Å². The zero-order valence-electron chi connectivity index (χ0n) is 24.1. The van der Waals surface area contributed by atoms with Gasteiger partial charge in [-0.05, 0) is 58.7 Å². The average Bonchev–Trinajstić information content (AvgIpc) is 3.49. The summed E-state index contributed by atoms with van der Waals surface area (Å²) in [4.78, 5) is 14.9. The van der Waals surface area contributed by atoms with Gasteiger partial charge in [0.2, 0.25) is 0 Å². The fourth-order valence-electron chi connectivity index (χ4n) is 5.63. The number of benzene rings is 6. The molecule has 0 saturated heterocycles. The lowest BCUT2D eigenvalue weighted by Crippen LogP contribution is -2.00. The molecule has 0 aliphatic carbocycles. The third-order valence-electron chi connectivity index (χ3n) is 7.99. The molecule has 45 heavy (non-hydrogen) atoms. The second-order valence-corrected chi connectivity index (χ2v) is 10.8. The van der Waals surface area contributed by atoms with Crippen molar-refractivity contribution in [2.75, 3.05) is 0 Å². The van der Waals surface area contributed by atoms with Crippen molar-refractivity contribution in [1.82, 2.24) is 15.0 Å². The SMILES string of the molecule is N#Cc1ccc2oc3ccc(-c4nc(-c5ccc(-c6ccccc6)cc5)nc(-c5ccc(-c6ccccc6)cc5)n4)cc3c2c1. The van der Waals surface area contributed by atoms with Crippen LogP contribution in [-0.4, -0.2) is 15.0 Å². The fraction of sp³-hybridized carbons (Fsp3) is 0. The summed E-state index contributed by atoms with van der Waals surface area (Å²) in [5.41, 5.74) is 9.24. The Morgan fingerprint density at radius 2 is 0.800 bits per heavy atom. The molecule has 0 bridgehead atoms. The summed E-state index contributed by atoms with van der Waals surface area (Å²) in [7, 11) is 0. The van der Waals surface area contributed by atoms with Gasteiger partial charge in [0.05, 0.1) is 11.6 Å². The Kier molecular flexibility index (Phi) is 6.44. The molecule has 5 nitrogen and oxygen atoms in total. The minimum absolute atomic E-state index is 0.557.